The molecule has 0 heterocycles. The average molecular weight is 575 g/mol. The van der Waals surface area contributed by atoms with Gasteiger partial charge in [0.2, 0.25) is 0 Å². The lowest BCUT2D eigenvalue weighted by Crippen LogP contribution is -2.14. The first-order valence-electron chi connectivity index (χ1n) is 15.3. The van der Waals surface area contributed by atoms with Crippen LogP contribution < -0.4 is 9.47 Å². The largest absolute Gasteiger partial charge is 0.513 e. The number of esters is 1. The first-order chi connectivity index (χ1) is 20.0. The van der Waals surface area contributed by atoms with Crippen molar-refractivity contribution in [2.75, 3.05) is 19.8 Å². The minimum Gasteiger partial charge on any atom is -0.463 e. The Bertz CT molecular complexity index is 922. The molecule has 0 aliphatic rings. The summed E-state index contributed by atoms with van der Waals surface area (Å²) in [5.74, 6) is -0.523. The van der Waals surface area contributed by atoms with Gasteiger partial charge in [-0.1, -0.05) is 82.9 Å². The Labute approximate surface area is 246 Å². The molecule has 8 heteroatoms. The minimum atomic E-state index is -0.947. The fourth-order valence-corrected chi connectivity index (χ4v) is 4.00. The van der Waals surface area contributed by atoms with Crippen molar-refractivity contribution in [2.24, 2.45) is 0 Å². The van der Waals surface area contributed by atoms with Crippen molar-refractivity contribution in [1.29, 1.82) is 0 Å². The Morgan fingerprint density at radius 2 is 1.17 bits per heavy atom. The van der Waals surface area contributed by atoms with Gasteiger partial charge in [-0.2, -0.15) is 0 Å². The smallest absolute Gasteiger partial charge is 0.463 e. The summed E-state index contributed by atoms with van der Waals surface area (Å²) in [6, 6.07) is 4.48. The number of benzene rings is 1. The molecule has 0 aromatic heterocycles. The fraction of sp³-hybridized carbons (Fsp3) is 0.606. The van der Waals surface area contributed by atoms with Gasteiger partial charge < -0.3 is 23.7 Å². The average Bonchev–Trinajstić information content (AvgIpc) is 2.95. The molecule has 1 aromatic rings. The van der Waals surface area contributed by atoms with Crippen LogP contribution in [0.4, 0.5) is 9.59 Å². The van der Waals surface area contributed by atoms with Crippen LogP contribution in [0.1, 0.15) is 116 Å². The van der Waals surface area contributed by atoms with Gasteiger partial charge in [-0.3, -0.25) is 0 Å². The highest BCUT2D eigenvalue weighted by atomic mass is 16.7. The number of unbranched alkanes of at least 4 members (excludes halogenated alkanes) is 12. The Hall–Kier alpha value is -3.29. The first kappa shape index (κ1) is 35.7. The van der Waals surface area contributed by atoms with Gasteiger partial charge in [0.05, 0.1) is 19.8 Å². The number of carbonyl (C=O) groups excluding carboxylic acids is 3. The molecule has 230 valence electrons. The van der Waals surface area contributed by atoms with Gasteiger partial charge in [0, 0.05) is 6.08 Å². The quantitative estimate of drug-likeness (QED) is 0.0337. The fourth-order valence-electron chi connectivity index (χ4n) is 4.00. The van der Waals surface area contributed by atoms with E-state index in [1.807, 2.05) is 0 Å². The van der Waals surface area contributed by atoms with Crippen molar-refractivity contribution in [3.05, 3.63) is 42.0 Å². The molecule has 0 aliphatic heterocycles. The highest BCUT2D eigenvalue weighted by molar-refractivity contribution is 5.87. The van der Waals surface area contributed by atoms with Crippen LogP contribution in [0.5, 0.6) is 11.5 Å². The SMILES string of the molecule is CCCCCCCC/C=C\CCCCCCCCOC(=O)/C=C/c1ccc(OC(=O)OCC)c(OC(=O)OCC)c1. The normalized spacial score (nSPS) is 11.1. The van der Waals surface area contributed by atoms with Gasteiger partial charge in [0.1, 0.15) is 0 Å². The van der Waals surface area contributed by atoms with Gasteiger partial charge in [-0.25, -0.2) is 14.4 Å². The van der Waals surface area contributed by atoms with Crippen molar-refractivity contribution >= 4 is 24.4 Å². The number of hydrogen-bond acceptors (Lipinski definition) is 8. The first-order valence-corrected chi connectivity index (χ1v) is 15.3. The lowest BCUT2D eigenvalue weighted by atomic mass is 10.1. The van der Waals surface area contributed by atoms with E-state index in [1.165, 1.54) is 88.5 Å². The molecule has 1 rings (SSSR count). The lowest BCUT2D eigenvalue weighted by Gasteiger charge is -2.11. The molecule has 0 radical (unpaired) electrons. The van der Waals surface area contributed by atoms with Crippen LogP contribution >= 0.6 is 0 Å². The van der Waals surface area contributed by atoms with Crippen molar-refractivity contribution in [3.8, 4) is 11.5 Å². The van der Waals surface area contributed by atoms with E-state index < -0.39 is 18.3 Å². The van der Waals surface area contributed by atoms with E-state index in [-0.39, 0.29) is 24.7 Å². The zero-order valence-electron chi connectivity index (χ0n) is 25.3. The van der Waals surface area contributed by atoms with E-state index >= 15 is 0 Å². The van der Waals surface area contributed by atoms with E-state index in [4.69, 9.17) is 23.7 Å². The summed E-state index contributed by atoms with van der Waals surface area (Å²) in [6.45, 7) is 6.15. The molecule has 8 nitrogen and oxygen atoms in total. The molecule has 0 amide bonds. The third-order valence-corrected chi connectivity index (χ3v) is 6.19. The molecule has 0 bridgehead atoms. The summed E-state index contributed by atoms with van der Waals surface area (Å²) in [6.07, 6.45) is 22.8. The molecule has 41 heavy (non-hydrogen) atoms. The van der Waals surface area contributed by atoms with Crippen LogP contribution in [0.2, 0.25) is 0 Å². The minimum absolute atomic E-state index is 0.0174. The summed E-state index contributed by atoms with van der Waals surface area (Å²) < 4.78 is 25.0. The van der Waals surface area contributed by atoms with E-state index in [9.17, 15) is 14.4 Å². The highest BCUT2D eigenvalue weighted by Crippen LogP contribution is 2.30. The van der Waals surface area contributed by atoms with Crippen LogP contribution in [-0.4, -0.2) is 38.1 Å². The summed E-state index contributed by atoms with van der Waals surface area (Å²) in [5.41, 5.74) is 0.537. The Kier molecular flexibility index (Phi) is 21.4. The molecule has 1 aromatic carbocycles. The van der Waals surface area contributed by atoms with Crippen LogP contribution in [-0.2, 0) is 19.0 Å². The van der Waals surface area contributed by atoms with Crippen LogP contribution in [0, 0.1) is 0 Å². The molecule has 0 atom stereocenters. The summed E-state index contributed by atoms with van der Waals surface area (Å²) >= 11 is 0. The molecule has 0 saturated heterocycles. The molecular weight excluding hydrogens is 524 g/mol. The number of ether oxygens (including phenoxy) is 5. The topological polar surface area (TPSA) is 97.4 Å². The van der Waals surface area contributed by atoms with Crippen molar-refractivity contribution in [2.45, 2.75) is 111 Å². The monoisotopic (exact) mass is 574 g/mol. The zero-order valence-corrected chi connectivity index (χ0v) is 25.3. The van der Waals surface area contributed by atoms with Gasteiger partial charge >= 0.3 is 18.3 Å². The maximum Gasteiger partial charge on any atom is 0.513 e. The Morgan fingerprint density at radius 1 is 0.634 bits per heavy atom. The second-order valence-electron chi connectivity index (χ2n) is 9.71. The molecule has 0 fully saturated rings. The second-order valence-corrected chi connectivity index (χ2v) is 9.71. The molecule has 0 saturated carbocycles. The predicted molar refractivity (Wildman–Crippen MR) is 161 cm³/mol. The third-order valence-electron chi connectivity index (χ3n) is 6.19. The van der Waals surface area contributed by atoms with Gasteiger partial charge in [0.15, 0.2) is 11.5 Å². The number of hydrogen-bond donors (Lipinski definition) is 0. The number of carbonyl (C=O) groups is 3. The summed E-state index contributed by atoms with van der Waals surface area (Å²) in [7, 11) is 0. The van der Waals surface area contributed by atoms with Gasteiger partial charge in [0.25, 0.3) is 0 Å². The van der Waals surface area contributed by atoms with E-state index in [2.05, 4.69) is 19.1 Å². The van der Waals surface area contributed by atoms with E-state index in [0.717, 1.165) is 25.7 Å². The maximum atomic E-state index is 12.1. The Morgan fingerprint density at radius 3 is 1.76 bits per heavy atom. The molecule has 0 unspecified atom stereocenters. The van der Waals surface area contributed by atoms with Crippen LogP contribution in [0.15, 0.2) is 36.4 Å². The molecule has 0 N–H and O–H groups in total. The number of rotatable bonds is 22. The van der Waals surface area contributed by atoms with Gasteiger partial charge in [-0.15, -0.1) is 0 Å². The van der Waals surface area contributed by atoms with E-state index in [1.54, 1.807) is 19.9 Å². The van der Waals surface area contributed by atoms with Crippen molar-refractivity contribution in [1.82, 2.24) is 0 Å². The predicted octanol–water partition coefficient (Wildman–Crippen LogP) is 9.35. The van der Waals surface area contributed by atoms with Crippen molar-refractivity contribution < 1.29 is 38.1 Å². The number of allylic oxidation sites excluding steroid dienone is 2. The maximum absolute atomic E-state index is 12.1. The van der Waals surface area contributed by atoms with Gasteiger partial charge in [-0.05, 0) is 69.7 Å². The Balaban J connectivity index is 2.25. The standard InChI is InChI=1S/C33H50O8/c1-4-7-8-9-10-11-12-13-14-15-16-17-18-19-20-21-26-39-31(34)25-23-28-22-24-29(40-32(35)37-5-2)30(27-28)41-33(36)38-6-3/h13-14,22-25,27H,4-12,15-21,26H2,1-3H3/b14-13-,25-23+. The third kappa shape index (κ3) is 19.4. The van der Waals surface area contributed by atoms with Crippen LogP contribution in [0.25, 0.3) is 6.08 Å². The van der Waals surface area contributed by atoms with E-state index in [0.29, 0.717) is 12.2 Å². The van der Waals surface area contributed by atoms with Crippen LogP contribution in [0.3, 0.4) is 0 Å². The molecule has 0 aliphatic carbocycles. The zero-order chi connectivity index (χ0) is 30.0. The summed E-state index contributed by atoms with van der Waals surface area (Å²) in [5, 5.41) is 0. The molecule has 0 spiro atoms. The van der Waals surface area contributed by atoms with Crippen molar-refractivity contribution in [3.63, 3.8) is 0 Å². The lowest BCUT2D eigenvalue weighted by molar-refractivity contribution is -0.137. The summed E-state index contributed by atoms with van der Waals surface area (Å²) in [4.78, 5) is 35.6. The second kappa shape index (κ2) is 24.5. The molecular formula is C33H50O8. The highest BCUT2D eigenvalue weighted by Gasteiger charge is 2.15.